The number of hydrogen-bond donors (Lipinski definition) is 1. The molecule has 2 aliphatic heterocycles. The van der Waals surface area contributed by atoms with E-state index in [0.717, 1.165) is 34.7 Å². The van der Waals surface area contributed by atoms with Crippen molar-refractivity contribution in [2.45, 2.75) is 32.7 Å². The van der Waals surface area contributed by atoms with E-state index >= 15 is 0 Å². The van der Waals surface area contributed by atoms with E-state index in [9.17, 15) is 14.0 Å². The number of carbonyl (C=O) groups is 2. The molecule has 3 aliphatic rings. The Labute approximate surface area is 246 Å². The number of piperazine rings is 1. The molecule has 7 nitrogen and oxygen atoms in total. The fourth-order valence-electron chi connectivity index (χ4n) is 6.55. The maximum atomic E-state index is 14.0. The summed E-state index contributed by atoms with van der Waals surface area (Å²) in [6.45, 7) is 6.79. The van der Waals surface area contributed by atoms with E-state index < -0.39 is 6.04 Å². The molecule has 1 aliphatic carbocycles. The second kappa shape index (κ2) is 11.2. The highest BCUT2D eigenvalue weighted by molar-refractivity contribution is 6.02. The minimum Gasteiger partial charge on any atom is -0.496 e. The second-order valence-corrected chi connectivity index (χ2v) is 12.1. The fourth-order valence-corrected chi connectivity index (χ4v) is 6.55. The molecule has 0 radical (unpaired) electrons. The van der Waals surface area contributed by atoms with Crippen LogP contribution >= 0.6 is 0 Å². The monoisotopic (exact) mass is 568 g/mol. The number of rotatable bonds is 5. The highest BCUT2D eigenvalue weighted by atomic mass is 19.1. The van der Waals surface area contributed by atoms with Crippen molar-refractivity contribution < 1.29 is 18.7 Å². The molecule has 0 aromatic heterocycles. The molecule has 6 rings (SSSR count). The van der Waals surface area contributed by atoms with Crippen LogP contribution in [0.1, 0.15) is 38.3 Å². The molecule has 1 unspecified atom stereocenters. The number of methoxy groups -OCH3 is 1. The first-order valence-corrected chi connectivity index (χ1v) is 14.5. The molecule has 1 N–H and O–H groups in total. The molecule has 1 amide bonds. The van der Waals surface area contributed by atoms with Crippen molar-refractivity contribution in [3.05, 3.63) is 95.4 Å². The zero-order valence-electron chi connectivity index (χ0n) is 24.4. The first-order chi connectivity index (χ1) is 20.2. The van der Waals surface area contributed by atoms with Gasteiger partial charge < -0.3 is 24.8 Å². The molecule has 218 valence electrons. The molecule has 1 saturated heterocycles. The third-order valence-corrected chi connectivity index (χ3v) is 8.57. The van der Waals surface area contributed by atoms with E-state index in [-0.39, 0.29) is 29.5 Å². The van der Waals surface area contributed by atoms with Gasteiger partial charge in [0.1, 0.15) is 11.6 Å². The summed E-state index contributed by atoms with van der Waals surface area (Å²) < 4.78 is 19.2. The Hall–Kier alpha value is -4.33. The topological polar surface area (TPSA) is 65.1 Å². The van der Waals surface area contributed by atoms with Crippen LogP contribution in [0.4, 0.5) is 21.5 Å². The van der Waals surface area contributed by atoms with Crippen LogP contribution in [-0.2, 0) is 9.59 Å². The number of nitrogens with one attached hydrogen (secondary N) is 1. The number of nitrogens with zero attached hydrogens (tertiary/aromatic N) is 3. The van der Waals surface area contributed by atoms with E-state index in [1.54, 1.807) is 19.2 Å². The first-order valence-electron chi connectivity index (χ1n) is 14.5. The Kier molecular flexibility index (Phi) is 7.39. The summed E-state index contributed by atoms with van der Waals surface area (Å²) in [7, 11) is 1.64. The van der Waals surface area contributed by atoms with Crippen LogP contribution in [0.5, 0.6) is 5.75 Å². The predicted octanol–water partition coefficient (Wildman–Crippen LogP) is 5.80. The summed E-state index contributed by atoms with van der Waals surface area (Å²) in [5, 5.41) is 3.61. The van der Waals surface area contributed by atoms with Crippen molar-refractivity contribution in [1.29, 1.82) is 0 Å². The van der Waals surface area contributed by atoms with Gasteiger partial charge >= 0.3 is 0 Å². The molecule has 0 saturated carbocycles. The van der Waals surface area contributed by atoms with Crippen LogP contribution in [0, 0.1) is 11.2 Å². The van der Waals surface area contributed by atoms with Gasteiger partial charge in [0.15, 0.2) is 5.78 Å². The number of ether oxygens (including phenoxy) is 1. The van der Waals surface area contributed by atoms with Crippen LogP contribution in [0.15, 0.2) is 84.1 Å². The summed E-state index contributed by atoms with van der Waals surface area (Å²) in [4.78, 5) is 34.1. The number of Topliss-reactive ketones (excluding diaryl/α,β-unsaturated/α-hetero) is 1. The van der Waals surface area contributed by atoms with Gasteiger partial charge in [0.25, 0.3) is 0 Å². The molecule has 42 heavy (non-hydrogen) atoms. The fraction of sp³-hybridized carbons (Fsp3) is 0.353. The number of ketones is 1. The molecule has 3 aromatic carbocycles. The summed E-state index contributed by atoms with van der Waals surface area (Å²) in [6.07, 6.45) is 1.16. The summed E-state index contributed by atoms with van der Waals surface area (Å²) in [5.41, 5.74) is 4.97. The van der Waals surface area contributed by atoms with Gasteiger partial charge in [-0.25, -0.2) is 4.39 Å². The van der Waals surface area contributed by atoms with Gasteiger partial charge in [-0.2, -0.15) is 0 Å². The number of benzene rings is 3. The number of hydrogen-bond acceptors (Lipinski definition) is 6. The molecular formula is C34H37FN4O3. The third kappa shape index (κ3) is 5.33. The van der Waals surface area contributed by atoms with Crippen LogP contribution in [-0.4, -0.2) is 56.4 Å². The zero-order valence-corrected chi connectivity index (χ0v) is 24.4. The summed E-state index contributed by atoms with van der Waals surface area (Å²) >= 11 is 0. The van der Waals surface area contributed by atoms with Crippen molar-refractivity contribution >= 4 is 28.8 Å². The number of fused-ring (bicyclic) bond motifs is 1. The SMILES string of the molecule is COc1ccccc1C1C2=C(CC(C)(C)CC2=O)Nc2ccccc2N1CC(=O)N1CCN(c2ccc(F)cc2)CC1. The quantitative estimate of drug-likeness (QED) is 0.420. The lowest BCUT2D eigenvalue weighted by Gasteiger charge is -2.40. The molecule has 1 atom stereocenters. The number of amides is 1. The van der Waals surface area contributed by atoms with Crippen molar-refractivity contribution in [3.63, 3.8) is 0 Å². The average Bonchev–Trinajstić information content (AvgIpc) is 3.11. The molecule has 2 heterocycles. The van der Waals surface area contributed by atoms with Gasteiger partial charge in [-0.3, -0.25) is 9.59 Å². The smallest absolute Gasteiger partial charge is 0.242 e. The zero-order chi connectivity index (χ0) is 29.4. The van der Waals surface area contributed by atoms with Gasteiger partial charge in [0.2, 0.25) is 5.91 Å². The normalized spacial score (nSPS) is 20.0. The molecule has 1 fully saturated rings. The average molecular weight is 569 g/mol. The van der Waals surface area contributed by atoms with Gasteiger partial charge in [0, 0.05) is 55.1 Å². The number of anilines is 3. The standard InChI is InChI=1S/C34H37FN4O3/c1-34(2)20-27-32(29(40)21-34)33(25-8-4-7-11-30(25)42-3)39(28-10-6-5-9-26(28)36-27)22-31(41)38-18-16-37(17-19-38)24-14-12-23(35)13-15-24/h4-15,33,36H,16-22H2,1-3H3. The predicted molar refractivity (Wildman–Crippen MR) is 163 cm³/mol. The Bertz CT molecular complexity index is 1530. The Morgan fingerprint density at radius 1 is 0.952 bits per heavy atom. The van der Waals surface area contributed by atoms with Gasteiger partial charge in [-0.15, -0.1) is 0 Å². The van der Waals surface area contributed by atoms with Crippen molar-refractivity contribution in [3.8, 4) is 5.75 Å². The minimum absolute atomic E-state index is 0.00362. The summed E-state index contributed by atoms with van der Waals surface area (Å²) in [5.74, 6) is 0.498. The van der Waals surface area contributed by atoms with Crippen LogP contribution < -0.4 is 19.9 Å². The van der Waals surface area contributed by atoms with E-state index in [1.807, 2.05) is 53.4 Å². The van der Waals surface area contributed by atoms with Crippen LogP contribution in [0.3, 0.4) is 0 Å². The van der Waals surface area contributed by atoms with Crippen molar-refractivity contribution in [1.82, 2.24) is 4.90 Å². The number of para-hydroxylation sites is 3. The van der Waals surface area contributed by atoms with Crippen molar-refractivity contribution in [2.75, 3.05) is 55.0 Å². The lowest BCUT2D eigenvalue weighted by molar-refractivity contribution is -0.130. The molecule has 0 bridgehead atoms. The molecular weight excluding hydrogens is 531 g/mol. The Morgan fingerprint density at radius 2 is 1.64 bits per heavy atom. The lowest BCUT2D eigenvalue weighted by atomic mass is 9.73. The first kappa shape index (κ1) is 27.8. The largest absolute Gasteiger partial charge is 0.496 e. The maximum Gasteiger partial charge on any atom is 0.242 e. The van der Waals surface area contributed by atoms with Crippen LogP contribution in [0.2, 0.25) is 0 Å². The van der Waals surface area contributed by atoms with E-state index in [1.165, 1.54) is 12.1 Å². The van der Waals surface area contributed by atoms with E-state index in [0.29, 0.717) is 43.9 Å². The summed E-state index contributed by atoms with van der Waals surface area (Å²) in [6, 6.07) is 21.7. The minimum atomic E-state index is -0.500. The van der Waals surface area contributed by atoms with Gasteiger partial charge in [0.05, 0.1) is 31.1 Å². The number of halogens is 1. The highest BCUT2D eigenvalue weighted by Crippen LogP contribution is 2.49. The third-order valence-electron chi connectivity index (χ3n) is 8.57. The highest BCUT2D eigenvalue weighted by Gasteiger charge is 2.43. The number of allylic oxidation sites excluding steroid dienone is 1. The van der Waals surface area contributed by atoms with Crippen molar-refractivity contribution in [2.24, 2.45) is 5.41 Å². The van der Waals surface area contributed by atoms with Gasteiger partial charge in [-0.1, -0.05) is 44.2 Å². The number of carbonyl (C=O) groups excluding carboxylic acids is 2. The lowest BCUT2D eigenvalue weighted by Crippen LogP contribution is -2.52. The van der Waals surface area contributed by atoms with Gasteiger partial charge in [-0.05, 0) is 54.3 Å². The second-order valence-electron chi connectivity index (χ2n) is 12.1. The van der Waals surface area contributed by atoms with E-state index in [4.69, 9.17) is 4.74 Å². The Balaban J connectivity index is 1.36. The van der Waals surface area contributed by atoms with E-state index in [2.05, 4.69) is 29.0 Å². The Morgan fingerprint density at radius 3 is 2.38 bits per heavy atom. The molecule has 0 spiro atoms. The maximum absolute atomic E-state index is 14.0. The van der Waals surface area contributed by atoms with Crippen LogP contribution in [0.25, 0.3) is 0 Å². The molecule has 3 aromatic rings. The molecule has 8 heteroatoms.